The Labute approximate surface area is 94.4 Å². The van der Waals surface area contributed by atoms with Crippen molar-refractivity contribution in [2.75, 3.05) is 18.6 Å². The smallest absolute Gasteiger partial charge is 0.00774 e. The molecule has 0 aromatic carbocycles. The number of nitrogens with one attached hydrogen (secondary N) is 1. The first-order valence-electron chi connectivity index (χ1n) is 5.96. The number of hydrogen-bond donors (Lipinski definition) is 1. The minimum absolute atomic E-state index is 0.748. The zero-order chi connectivity index (χ0) is 10.8. The highest BCUT2D eigenvalue weighted by atomic mass is 32.2. The molecule has 0 aliphatic heterocycles. The van der Waals surface area contributed by atoms with Crippen molar-refractivity contribution in [2.24, 2.45) is 5.92 Å². The molecule has 0 spiro atoms. The molecule has 0 aromatic heterocycles. The highest BCUT2D eigenvalue weighted by Crippen LogP contribution is 2.13. The number of rotatable bonds is 9. The molecule has 0 heterocycles. The fraction of sp³-hybridized carbons (Fsp3) is 1.00. The molecule has 1 nitrogen and oxygen atoms in total. The molecule has 14 heavy (non-hydrogen) atoms. The van der Waals surface area contributed by atoms with E-state index in [1.165, 1.54) is 38.0 Å². The molecule has 2 heteroatoms. The van der Waals surface area contributed by atoms with Crippen molar-refractivity contribution in [3.05, 3.63) is 0 Å². The standard InChI is InChI=1S/C12H27NS/c1-5-8-13-12(7-9-14-4)10-11(3)6-2/h11-13H,5-10H2,1-4H3. The average Bonchev–Trinajstić information content (AvgIpc) is 2.21. The molecule has 0 bridgehead atoms. The van der Waals surface area contributed by atoms with Crippen LogP contribution in [0.2, 0.25) is 0 Å². The van der Waals surface area contributed by atoms with E-state index in [1.54, 1.807) is 0 Å². The molecule has 0 aliphatic rings. The second kappa shape index (κ2) is 9.85. The molecule has 0 radical (unpaired) electrons. The summed E-state index contributed by atoms with van der Waals surface area (Å²) in [5.41, 5.74) is 0. The normalized spacial score (nSPS) is 15.4. The van der Waals surface area contributed by atoms with Crippen molar-refractivity contribution in [3.63, 3.8) is 0 Å². The second-order valence-corrected chi connectivity index (χ2v) is 5.17. The molecule has 0 fully saturated rings. The van der Waals surface area contributed by atoms with Crippen LogP contribution in [0.3, 0.4) is 0 Å². The van der Waals surface area contributed by atoms with E-state index in [-0.39, 0.29) is 0 Å². The summed E-state index contributed by atoms with van der Waals surface area (Å²) in [6.45, 7) is 8.06. The SMILES string of the molecule is CCCNC(CCSC)CC(C)CC. The fourth-order valence-corrected chi connectivity index (χ4v) is 2.08. The van der Waals surface area contributed by atoms with Crippen molar-refractivity contribution in [2.45, 2.75) is 52.5 Å². The Bertz CT molecular complexity index is 109. The van der Waals surface area contributed by atoms with Crippen LogP contribution in [-0.2, 0) is 0 Å². The topological polar surface area (TPSA) is 12.0 Å². The van der Waals surface area contributed by atoms with Crippen molar-refractivity contribution in [1.29, 1.82) is 0 Å². The van der Waals surface area contributed by atoms with E-state index >= 15 is 0 Å². The first-order chi connectivity index (χ1) is 6.74. The van der Waals surface area contributed by atoms with E-state index in [0.717, 1.165) is 12.0 Å². The predicted molar refractivity (Wildman–Crippen MR) is 69.2 cm³/mol. The van der Waals surface area contributed by atoms with Gasteiger partial charge in [0, 0.05) is 6.04 Å². The van der Waals surface area contributed by atoms with Crippen LogP contribution in [0.15, 0.2) is 0 Å². The lowest BCUT2D eigenvalue weighted by Gasteiger charge is -2.21. The zero-order valence-corrected chi connectivity index (χ0v) is 11.1. The Hall–Kier alpha value is 0.310. The minimum Gasteiger partial charge on any atom is -0.314 e. The van der Waals surface area contributed by atoms with Crippen LogP contribution in [-0.4, -0.2) is 24.6 Å². The molecule has 1 N–H and O–H groups in total. The monoisotopic (exact) mass is 217 g/mol. The van der Waals surface area contributed by atoms with Gasteiger partial charge in [-0.2, -0.15) is 11.8 Å². The van der Waals surface area contributed by atoms with Crippen LogP contribution in [0.5, 0.6) is 0 Å². The Morgan fingerprint density at radius 3 is 2.50 bits per heavy atom. The van der Waals surface area contributed by atoms with Crippen LogP contribution < -0.4 is 5.32 Å². The third-order valence-corrected chi connectivity index (χ3v) is 3.38. The molecule has 0 aliphatic carbocycles. The van der Waals surface area contributed by atoms with Gasteiger partial charge in [-0.15, -0.1) is 0 Å². The van der Waals surface area contributed by atoms with Gasteiger partial charge in [-0.05, 0) is 43.7 Å². The first-order valence-corrected chi connectivity index (χ1v) is 7.36. The van der Waals surface area contributed by atoms with Crippen LogP contribution in [0.1, 0.15) is 46.5 Å². The van der Waals surface area contributed by atoms with Gasteiger partial charge >= 0.3 is 0 Å². The molecule has 86 valence electrons. The molecule has 2 unspecified atom stereocenters. The van der Waals surface area contributed by atoms with E-state index < -0.39 is 0 Å². The lowest BCUT2D eigenvalue weighted by Crippen LogP contribution is -2.31. The highest BCUT2D eigenvalue weighted by Gasteiger charge is 2.10. The van der Waals surface area contributed by atoms with E-state index in [9.17, 15) is 0 Å². The Kier molecular flexibility index (Phi) is 10.1. The summed E-state index contributed by atoms with van der Waals surface area (Å²) >= 11 is 1.96. The molecule has 0 saturated heterocycles. The largest absolute Gasteiger partial charge is 0.314 e. The van der Waals surface area contributed by atoms with Crippen LogP contribution in [0.25, 0.3) is 0 Å². The summed E-state index contributed by atoms with van der Waals surface area (Å²) in [4.78, 5) is 0. The van der Waals surface area contributed by atoms with Crippen molar-refractivity contribution >= 4 is 11.8 Å². The van der Waals surface area contributed by atoms with Crippen molar-refractivity contribution in [3.8, 4) is 0 Å². The molecule has 2 atom stereocenters. The first kappa shape index (κ1) is 14.3. The summed E-state index contributed by atoms with van der Waals surface area (Å²) in [6, 6.07) is 0.748. The summed E-state index contributed by atoms with van der Waals surface area (Å²) in [6.07, 6.45) is 7.42. The maximum atomic E-state index is 3.66. The quantitative estimate of drug-likeness (QED) is 0.634. The van der Waals surface area contributed by atoms with Crippen molar-refractivity contribution < 1.29 is 0 Å². The van der Waals surface area contributed by atoms with Gasteiger partial charge in [-0.3, -0.25) is 0 Å². The summed E-state index contributed by atoms with van der Waals surface area (Å²) in [5.74, 6) is 2.16. The van der Waals surface area contributed by atoms with Gasteiger partial charge in [0.15, 0.2) is 0 Å². The summed E-state index contributed by atoms with van der Waals surface area (Å²) in [5, 5.41) is 3.66. The average molecular weight is 217 g/mol. The fourth-order valence-electron chi connectivity index (χ4n) is 1.56. The Balaban J connectivity index is 3.71. The predicted octanol–water partition coefficient (Wildman–Crippen LogP) is 3.54. The van der Waals surface area contributed by atoms with E-state index in [1.807, 2.05) is 11.8 Å². The van der Waals surface area contributed by atoms with Gasteiger partial charge in [0.2, 0.25) is 0 Å². The lowest BCUT2D eigenvalue weighted by atomic mass is 9.98. The van der Waals surface area contributed by atoms with Crippen LogP contribution in [0, 0.1) is 5.92 Å². The Morgan fingerprint density at radius 2 is 2.00 bits per heavy atom. The third-order valence-electron chi connectivity index (χ3n) is 2.74. The maximum Gasteiger partial charge on any atom is 0.00774 e. The van der Waals surface area contributed by atoms with Crippen molar-refractivity contribution in [1.82, 2.24) is 5.32 Å². The second-order valence-electron chi connectivity index (χ2n) is 4.18. The molecule has 0 aromatic rings. The Morgan fingerprint density at radius 1 is 1.29 bits per heavy atom. The number of thioether (sulfide) groups is 1. The molecular weight excluding hydrogens is 190 g/mol. The molecular formula is C12H27NS. The lowest BCUT2D eigenvalue weighted by molar-refractivity contribution is 0.387. The summed E-state index contributed by atoms with van der Waals surface area (Å²) < 4.78 is 0. The molecule has 0 saturated carbocycles. The van der Waals surface area contributed by atoms with Gasteiger partial charge in [-0.25, -0.2) is 0 Å². The van der Waals surface area contributed by atoms with Gasteiger partial charge in [0.1, 0.15) is 0 Å². The highest BCUT2D eigenvalue weighted by molar-refractivity contribution is 7.98. The zero-order valence-electron chi connectivity index (χ0n) is 10.3. The van der Waals surface area contributed by atoms with Gasteiger partial charge in [0.05, 0.1) is 0 Å². The summed E-state index contributed by atoms with van der Waals surface area (Å²) in [7, 11) is 0. The minimum atomic E-state index is 0.748. The number of hydrogen-bond acceptors (Lipinski definition) is 2. The van der Waals surface area contributed by atoms with E-state index in [0.29, 0.717) is 0 Å². The molecule has 0 amide bonds. The van der Waals surface area contributed by atoms with Gasteiger partial charge in [-0.1, -0.05) is 27.2 Å². The van der Waals surface area contributed by atoms with Crippen LogP contribution >= 0.6 is 11.8 Å². The van der Waals surface area contributed by atoms with Gasteiger partial charge < -0.3 is 5.32 Å². The third kappa shape index (κ3) is 7.69. The van der Waals surface area contributed by atoms with E-state index in [4.69, 9.17) is 0 Å². The molecule has 0 rings (SSSR count). The maximum absolute atomic E-state index is 3.66. The van der Waals surface area contributed by atoms with Gasteiger partial charge in [0.25, 0.3) is 0 Å². The van der Waals surface area contributed by atoms with E-state index in [2.05, 4.69) is 32.3 Å². The van der Waals surface area contributed by atoms with Crippen LogP contribution in [0.4, 0.5) is 0 Å².